The molecule has 0 spiro atoms. The maximum Gasteiger partial charge on any atom is 0.448 e. The molecule has 122 valence electrons. The summed E-state index contributed by atoms with van der Waals surface area (Å²) in [6.45, 7) is 0.0461. The number of nitrogens with one attached hydrogen (secondary N) is 1. The molecule has 22 heavy (non-hydrogen) atoms. The summed E-state index contributed by atoms with van der Waals surface area (Å²) in [4.78, 5) is 22.8. The van der Waals surface area contributed by atoms with Crippen LogP contribution in [0.5, 0.6) is 5.75 Å². The second-order valence-electron chi connectivity index (χ2n) is 4.08. The molecule has 1 amide bonds. The minimum absolute atomic E-state index is 0.240. The zero-order valence-corrected chi connectivity index (χ0v) is 11.5. The lowest BCUT2D eigenvalue weighted by Gasteiger charge is -2.28. The molecule has 0 bridgehead atoms. The third-order valence-corrected chi connectivity index (χ3v) is 2.41. The number of carbonyl (C=O) groups is 2. The van der Waals surface area contributed by atoms with Crippen LogP contribution >= 0.6 is 0 Å². The van der Waals surface area contributed by atoms with Crippen LogP contribution in [0, 0.1) is 0 Å². The molecule has 1 aromatic carbocycles. The second-order valence-corrected chi connectivity index (χ2v) is 4.08. The van der Waals surface area contributed by atoms with Gasteiger partial charge >= 0.3 is 17.9 Å². The average molecular weight is 321 g/mol. The predicted octanol–water partition coefficient (Wildman–Crippen LogP) is 0.996. The number of para-hydroxylation sites is 1. The number of benzene rings is 1. The van der Waals surface area contributed by atoms with E-state index in [0.717, 1.165) is 0 Å². The van der Waals surface area contributed by atoms with E-state index < -0.39 is 37.0 Å². The van der Waals surface area contributed by atoms with Gasteiger partial charge < -0.3 is 19.9 Å². The summed E-state index contributed by atoms with van der Waals surface area (Å²) >= 11 is 0. The van der Waals surface area contributed by atoms with Crippen LogP contribution in [0.15, 0.2) is 30.3 Å². The number of halogens is 3. The minimum Gasteiger partial charge on any atom is -0.484 e. The van der Waals surface area contributed by atoms with Gasteiger partial charge in [0.2, 0.25) is 0 Å². The highest BCUT2D eigenvalue weighted by Crippen LogP contribution is 2.29. The Bertz CT molecular complexity index is 520. The number of rotatable bonds is 6. The molecular weight excluding hydrogens is 307 g/mol. The highest BCUT2D eigenvalue weighted by molar-refractivity contribution is 5.88. The smallest absolute Gasteiger partial charge is 0.448 e. The SMILES string of the molecule is CCOC(=O)[C@](O)(NC(=O)COc1ccccc1)C(F)(F)F. The number of hydrogen-bond acceptors (Lipinski definition) is 5. The molecule has 0 radical (unpaired) electrons. The first-order valence-corrected chi connectivity index (χ1v) is 6.16. The monoisotopic (exact) mass is 321 g/mol. The van der Waals surface area contributed by atoms with E-state index in [-0.39, 0.29) is 5.75 Å². The van der Waals surface area contributed by atoms with Crippen LogP contribution in [-0.4, -0.2) is 42.1 Å². The van der Waals surface area contributed by atoms with Gasteiger partial charge in [0.1, 0.15) is 5.75 Å². The normalized spacial score (nSPS) is 13.9. The first-order chi connectivity index (χ1) is 10.2. The van der Waals surface area contributed by atoms with Gasteiger partial charge in [0.15, 0.2) is 6.61 Å². The second kappa shape index (κ2) is 7.12. The predicted molar refractivity (Wildman–Crippen MR) is 67.7 cm³/mol. The molecule has 9 heteroatoms. The van der Waals surface area contributed by atoms with Crippen molar-refractivity contribution in [1.29, 1.82) is 0 Å². The first-order valence-electron chi connectivity index (χ1n) is 6.16. The van der Waals surface area contributed by atoms with Crippen molar-refractivity contribution in [2.75, 3.05) is 13.2 Å². The summed E-state index contributed by atoms with van der Waals surface area (Å²) < 4.78 is 47.4. The van der Waals surface area contributed by atoms with Crippen LogP contribution in [0.1, 0.15) is 6.92 Å². The lowest BCUT2D eigenvalue weighted by atomic mass is 10.2. The van der Waals surface area contributed by atoms with Crippen molar-refractivity contribution < 1.29 is 37.3 Å². The third kappa shape index (κ3) is 4.35. The van der Waals surface area contributed by atoms with Gasteiger partial charge in [-0.1, -0.05) is 18.2 Å². The van der Waals surface area contributed by atoms with Gasteiger partial charge in [0.05, 0.1) is 6.61 Å². The molecule has 0 fully saturated rings. The summed E-state index contributed by atoms with van der Waals surface area (Å²) in [7, 11) is 0. The Kier molecular flexibility index (Phi) is 5.75. The highest BCUT2D eigenvalue weighted by atomic mass is 19.4. The summed E-state index contributed by atoms with van der Waals surface area (Å²) in [5.74, 6) is -3.11. The van der Waals surface area contributed by atoms with Gasteiger partial charge in [-0.2, -0.15) is 13.2 Å². The maximum atomic E-state index is 12.8. The number of hydrogen-bond donors (Lipinski definition) is 2. The molecule has 0 aliphatic rings. The number of amides is 1. The highest BCUT2D eigenvalue weighted by Gasteiger charge is 2.62. The van der Waals surface area contributed by atoms with Crippen molar-refractivity contribution in [2.45, 2.75) is 18.8 Å². The molecule has 0 unspecified atom stereocenters. The molecule has 2 N–H and O–H groups in total. The lowest BCUT2D eigenvalue weighted by Crippen LogP contribution is -2.65. The fraction of sp³-hybridized carbons (Fsp3) is 0.385. The maximum absolute atomic E-state index is 12.8. The Hall–Kier alpha value is -2.29. The minimum atomic E-state index is -5.44. The van der Waals surface area contributed by atoms with Crippen LogP contribution in [0.4, 0.5) is 13.2 Å². The van der Waals surface area contributed by atoms with Crippen LogP contribution in [0.2, 0.25) is 0 Å². The summed E-state index contributed by atoms with van der Waals surface area (Å²) in [6.07, 6.45) is -5.44. The van der Waals surface area contributed by atoms with Crippen molar-refractivity contribution in [3.8, 4) is 5.75 Å². The summed E-state index contributed by atoms with van der Waals surface area (Å²) in [6, 6.07) is 7.83. The largest absolute Gasteiger partial charge is 0.484 e. The van der Waals surface area contributed by atoms with Crippen molar-refractivity contribution >= 4 is 11.9 Å². The van der Waals surface area contributed by atoms with E-state index in [4.69, 9.17) is 4.74 Å². The van der Waals surface area contributed by atoms with Crippen LogP contribution in [-0.2, 0) is 14.3 Å². The molecule has 0 saturated heterocycles. The number of carbonyl (C=O) groups excluding carboxylic acids is 2. The van der Waals surface area contributed by atoms with E-state index in [9.17, 15) is 27.9 Å². The molecule has 6 nitrogen and oxygen atoms in total. The number of esters is 1. The van der Waals surface area contributed by atoms with Gasteiger partial charge in [-0.05, 0) is 19.1 Å². The Morgan fingerprint density at radius 1 is 1.23 bits per heavy atom. The van der Waals surface area contributed by atoms with Crippen molar-refractivity contribution in [3.05, 3.63) is 30.3 Å². The molecular formula is C13H14F3NO5. The molecule has 1 rings (SSSR count). The van der Waals surface area contributed by atoms with Gasteiger partial charge in [-0.15, -0.1) is 0 Å². The topological polar surface area (TPSA) is 84.9 Å². The fourth-order valence-electron chi connectivity index (χ4n) is 1.38. The van der Waals surface area contributed by atoms with E-state index in [1.165, 1.54) is 24.4 Å². The Morgan fingerprint density at radius 3 is 2.32 bits per heavy atom. The molecule has 0 aliphatic heterocycles. The zero-order chi connectivity index (χ0) is 16.8. The quantitative estimate of drug-likeness (QED) is 0.603. The number of alkyl halides is 3. The van der Waals surface area contributed by atoms with Crippen molar-refractivity contribution in [2.24, 2.45) is 0 Å². The molecule has 0 saturated carbocycles. The lowest BCUT2D eigenvalue weighted by molar-refractivity contribution is -0.271. The standard InChI is InChI=1S/C13H14F3NO5/c1-2-21-11(19)12(20,13(14,15)16)17-10(18)8-22-9-6-4-3-5-7-9/h3-7,20H,2,8H2,1H3,(H,17,18)/t12-/m1/s1. The van der Waals surface area contributed by atoms with Crippen LogP contribution in [0.3, 0.4) is 0 Å². The van der Waals surface area contributed by atoms with E-state index in [2.05, 4.69) is 4.74 Å². The van der Waals surface area contributed by atoms with E-state index in [1.807, 2.05) is 0 Å². The van der Waals surface area contributed by atoms with E-state index >= 15 is 0 Å². The third-order valence-electron chi connectivity index (χ3n) is 2.41. The Balaban J connectivity index is 2.73. The Labute approximate surface area is 123 Å². The zero-order valence-electron chi connectivity index (χ0n) is 11.5. The molecule has 0 aliphatic carbocycles. The number of ether oxygens (including phenoxy) is 2. The van der Waals surface area contributed by atoms with Gasteiger partial charge in [-0.25, -0.2) is 4.79 Å². The van der Waals surface area contributed by atoms with E-state index in [0.29, 0.717) is 0 Å². The molecule has 0 heterocycles. The average Bonchev–Trinajstić information content (AvgIpc) is 2.45. The Morgan fingerprint density at radius 2 is 1.82 bits per heavy atom. The van der Waals surface area contributed by atoms with E-state index in [1.54, 1.807) is 18.2 Å². The first kappa shape index (κ1) is 17.8. The van der Waals surface area contributed by atoms with Crippen molar-refractivity contribution in [1.82, 2.24) is 5.32 Å². The van der Waals surface area contributed by atoms with Gasteiger partial charge in [0, 0.05) is 0 Å². The van der Waals surface area contributed by atoms with Crippen molar-refractivity contribution in [3.63, 3.8) is 0 Å². The molecule has 1 aromatic rings. The summed E-state index contributed by atoms with van der Waals surface area (Å²) in [5.41, 5.74) is -4.12. The summed E-state index contributed by atoms with van der Waals surface area (Å²) in [5, 5.41) is 10.6. The van der Waals surface area contributed by atoms with Crippen LogP contribution in [0.25, 0.3) is 0 Å². The van der Waals surface area contributed by atoms with Gasteiger partial charge in [0.25, 0.3) is 5.91 Å². The molecule has 0 aromatic heterocycles. The number of aliphatic hydroxyl groups is 1. The van der Waals surface area contributed by atoms with Crippen LogP contribution < -0.4 is 10.1 Å². The molecule has 1 atom stereocenters. The van der Waals surface area contributed by atoms with Gasteiger partial charge in [-0.3, -0.25) is 4.79 Å². The fourth-order valence-corrected chi connectivity index (χ4v) is 1.38.